The number of para-hydroxylation sites is 1. The highest BCUT2D eigenvalue weighted by molar-refractivity contribution is 5.94. The van der Waals surface area contributed by atoms with Crippen LogP contribution in [0, 0.1) is 5.92 Å². The van der Waals surface area contributed by atoms with E-state index in [1.807, 2.05) is 23.1 Å². The molecule has 1 aromatic carbocycles. The van der Waals surface area contributed by atoms with Crippen LogP contribution in [0.4, 0.5) is 10.5 Å². The fraction of sp³-hybridized carbons (Fsp3) is 0.467. The highest BCUT2D eigenvalue weighted by Gasteiger charge is 2.33. The number of hydrogen-bond acceptors (Lipinski definition) is 2. The van der Waals surface area contributed by atoms with E-state index in [0.717, 1.165) is 25.1 Å². The summed E-state index contributed by atoms with van der Waals surface area (Å²) in [6.07, 6.45) is 1.84. The van der Waals surface area contributed by atoms with Gasteiger partial charge in [0.2, 0.25) is 0 Å². The molecule has 1 atom stereocenters. The average molecular weight is 274 g/mol. The summed E-state index contributed by atoms with van der Waals surface area (Å²) in [5, 5.41) is 8.83. The Bertz CT molecular complexity index is 544. The summed E-state index contributed by atoms with van der Waals surface area (Å²) in [5.41, 5.74) is 2.21. The lowest BCUT2D eigenvalue weighted by atomic mass is 10.1. The normalized spacial score (nSPS) is 21.1. The van der Waals surface area contributed by atoms with Gasteiger partial charge in [0, 0.05) is 31.7 Å². The molecule has 2 aliphatic rings. The van der Waals surface area contributed by atoms with Gasteiger partial charge in [-0.15, -0.1) is 0 Å². The Labute approximate surface area is 117 Å². The first-order valence-corrected chi connectivity index (χ1v) is 7.01. The van der Waals surface area contributed by atoms with Gasteiger partial charge in [-0.2, -0.15) is 0 Å². The number of benzene rings is 1. The minimum Gasteiger partial charge on any atom is -0.481 e. The largest absolute Gasteiger partial charge is 0.481 e. The van der Waals surface area contributed by atoms with Crippen molar-refractivity contribution in [1.82, 2.24) is 4.90 Å². The monoisotopic (exact) mass is 274 g/mol. The van der Waals surface area contributed by atoms with Crippen molar-refractivity contribution in [2.24, 2.45) is 5.92 Å². The van der Waals surface area contributed by atoms with Crippen LogP contribution >= 0.6 is 0 Å². The molecule has 2 amide bonds. The Morgan fingerprint density at radius 3 is 2.85 bits per heavy atom. The molecule has 1 saturated heterocycles. The van der Waals surface area contributed by atoms with Crippen LogP contribution in [0.2, 0.25) is 0 Å². The third kappa shape index (κ3) is 2.35. The number of rotatable bonds is 2. The number of carbonyl (C=O) groups is 2. The number of carboxylic acids is 1. The van der Waals surface area contributed by atoms with Gasteiger partial charge < -0.3 is 10.0 Å². The number of anilines is 1. The summed E-state index contributed by atoms with van der Waals surface area (Å²) in [5.74, 6) is -0.690. The van der Waals surface area contributed by atoms with Gasteiger partial charge in [0.15, 0.2) is 0 Å². The van der Waals surface area contributed by atoms with Crippen molar-refractivity contribution in [3.8, 4) is 0 Å². The number of amides is 2. The van der Waals surface area contributed by atoms with Crippen LogP contribution in [0.15, 0.2) is 24.3 Å². The number of likely N-dealkylation sites (tertiary alicyclic amines) is 1. The maximum absolute atomic E-state index is 12.5. The maximum Gasteiger partial charge on any atom is 0.324 e. The molecule has 1 N–H and O–H groups in total. The van der Waals surface area contributed by atoms with Gasteiger partial charge in [-0.3, -0.25) is 9.69 Å². The van der Waals surface area contributed by atoms with Crippen molar-refractivity contribution < 1.29 is 14.7 Å². The lowest BCUT2D eigenvalue weighted by Gasteiger charge is -2.24. The Morgan fingerprint density at radius 2 is 2.05 bits per heavy atom. The molecule has 1 aromatic rings. The number of urea groups is 1. The highest BCUT2D eigenvalue weighted by atomic mass is 16.4. The van der Waals surface area contributed by atoms with E-state index in [0.29, 0.717) is 13.1 Å². The van der Waals surface area contributed by atoms with Crippen LogP contribution in [-0.2, 0) is 11.2 Å². The number of nitrogens with zero attached hydrogens (tertiary/aromatic N) is 2. The summed E-state index contributed by atoms with van der Waals surface area (Å²) >= 11 is 0. The van der Waals surface area contributed by atoms with Gasteiger partial charge in [0.1, 0.15) is 0 Å². The van der Waals surface area contributed by atoms with E-state index in [1.54, 1.807) is 4.90 Å². The van der Waals surface area contributed by atoms with Crippen molar-refractivity contribution in [2.75, 3.05) is 24.5 Å². The second kappa shape index (κ2) is 5.15. The van der Waals surface area contributed by atoms with Crippen LogP contribution in [0.5, 0.6) is 0 Å². The highest BCUT2D eigenvalue weighted by Crippen LogP contribution is 2.30. The molecular formula is C15H18N2O3. The first kappa shape index (κ1) is 13.0. The molecule has 0 aromatic heterocycles. The van der Waals surface area contributed by atoms with E-state index in [-0.39, 0.29) is 18.4 Å². The fourth-order valence-corrected chi connectivity index (χ4v) is 3.13. The lowest BCUT2D eigenvalue weighted by Crippen LogP contribution is -2.41. The van der Waals surface area contributed by atoms with Crippen molar-refractivity contribution in [2.45, 2.75) is 19.3 Å². The molecule has 5 heteroatoms. The molecule has 0 spiro atoms. The molecule has 0 aliphatic carbocycles. The Morgan fingerprint density at radius 1 is 1.25 bits per heavy atom. The zero-order chi connectivity index (χ0) is 14.1. The third-order valence-electron chi connectivity index (χ3n) is 4.14. The summed E-state index contributed by atoms with van der Waals surface area (Å²) < 4.78 is 0. The Hall–Kier alpha value is -2.04. The molecule has 106 valence electrons. The maximum atomic E-state index is 12.5. The molecule has 0 saturated carbocycles. The van der Waals surface area contributed by atoms with E-state index in [4.69, 9.17) is 5.11 Å². The number of carboxylic acid groups (broad SMARTS) is 1. The van der Waals surface area contributed by atoms with Crippen LogP contribution in [0.25, 0.3) is 0 Å². The van der Waals surface area contributed by atoms with Crippen LogP contribution in [0.3, 0.4) is 0 Å². The smallest absolute Gasteiger partial charge is 0.324 e. The Balaban J connectivity index is 1.68. The molecule has 2 heterocycles. The molecule has 0 radical (unpaired) electrons. The molecule has 20 heavy (non-hydrogen) atoms. The Kier molecular flexibility index (Phi) is 3.34. The second-order valence-electron chi connectivity index (χ2n) is 5.51. The van der Waals surface area contributed by atoms with Gasteiger partial charge in [0.25, 0.3) is 0 Å². The fourth-order valence-electron chi connectivity index (χ4n) is 3.13. The quantitative estimate of drug-likeness (QED) is 0.897. The molecular weight excluding hydrogens is 256 g/mol. The second-order valence-corrected chi connectivity index (χ2v) is 5.51. The van der Waals surface area contributed by atoms with Gasteiger partial charge >= 0.3 is 12.0 Å². The van der Waals surface area contributed by atoms with Crippen LogP contribution in [0.1, 0.15) is 18.4 Å². The summed E-state index contributed by atoms with van der Waals surface area (Å²) in [7, 11) is 0. The summed E-state index contributed by atoms with van der Waals surface area (Å²) in [4.78, 5) is 26.9. The van der Waals surface area contributed by atoms with Crippen LogP contribution in [-0.4, -0.2) is 41.6 Å². The molecule has 0 bridgehead atoms. The van der Waals surface area contributed by atoms with E-state index >= 15 is 0 Å². The predicted molar refractivity (Wildman–Crippen MR) is 74.8 cm³/mol. The third-order valence-corrected chi connectivity index (χ3v) is 4.14. The van der Waals surface area contributed by atoms with Gasteiger partial charge in [-0.25, -0.2) is 4.79 Å². The first-order valence-electron chi connectivity index (χ1n) is 7.01. The zero-order valence-corrected chi connectivity index (χ0v) is 11.3. The van der Waals surface area contributed by atoms with Gasteiger partial charge in [-0.1, -0.05) is 18.2 Å². The standard InChI is InChI=1S/C15H18N2O3/c18-14(19)9-11-5-7-16(10-11)15(20)17-8-6-12-3-1-2-4-13(12)17/h1-4,11H,5-10H2,(H,18,19). The van der Waals surface area contributed by atoms with E-state index in [2.05, 4.69) is 6.07 Å². The van der Waals surface area contributed by atoms with Gasteiger partial charge in [0.05, 0.1) is 0 Å². The molecule has 5 nitrogen and oxygen atoms in total. The van der Waals surface area contributed by atoms with Crippen molar-refractivity contribution in [3.05, 3.63) is 29.8 Å². The average Bonchev–Trinajstić information content (AvgIpc) is 3.03. The summed E-state index contributed by atoms with van der Waals surface area (Å²) in [6, 6.07) is 7.99. The van der Waals surface area contributed by atoms with E-state index in [9.17, 15) is 9.59 Å². The molecule has 2 aliphatic heterocycles. The number of aliphatic carboxylic acids is 1. The van der Waals surface area contributed by atoms with Crippen molar-refractivity contribution >= 4 is 17.7 Å². The van der Waals surface area contributed by atoms with Gasteiger partial charge in [-0.05, 0) is 30.4 Å². The first-order chi connectivity index (χ1) is 9.65. The summed E-state index contributed by atoms with van der Waals surface area (Å²) in [6.45, 7) is 1.94. The number of carbonyl (C=O) groups excluding carboxylic acids is 1. The molecule has 3 rings (SSSR count). The predicted octanol–water partition coefficient (Wildman–Crippen LogP) is 1.97. The topological polar surface area (TPSA) is 60.9 Å². The van der Waals surface area contributed by atoms with Crippen molar-refractivity contribution in [3.63, 3.8) is 0 Å². The SMILES string of the molecule is O=C(O)CC1CCN(C(=O)N2CCc3ccccc32)C1. The number of fused-ring (bicyclic) bond motifs is 1. The van der Waals surface area contributed by atoms with Crippen molar-refractivity contribution in [1.29, 1.82) is 0 Å². The number of hydrogen-bond donors (Lipinski definition) is 1. The minimum atomic E-state index is -0.782. The zero-order valence-electron chi connectivity index (χ0n) is 11.3. The van der Waals surface area contributed by atoms with E-state index < -0.39 is 5.97 Å². The van der Waals surface area contributed by atoms with Crippen LogP contribution < -0.4 is 4.90 Å². The lowest BCUT2D eigenvalue weighted by molar-refractivity contribution is -0.138. The minimum absolute atomic E-state index is 0.0165. The molecule has 1 unspecified atom stereocenters. The molecule has 1 fully saturated rings. The van der Waals surface area contributed by atoms with E-state index in [1.165, 1.54) is 5.56 Å².